The molecule has 2 aromatic heterocycles. The van der Waals surface area contributed by atoms with Crippen molar-refractivity contribution in [3.63, 3.8) is 0 Å². The lowest BCUT2D eigenvalue weighted by Gasteiger charge is -2.22. The Hall–Kier alpha value is -2.88. The van der Waals surface area contributed by atoms with Crippen LogP contribution in [-0.2, 0) is 6.18 Å². The predicted molar refractivity (Wildman–Crippen MR) is 96.8 cm³/mol. The smallest absolute Gasteiger partial charge is 0.420 e. The number of ether oxygens (including phenoxy) is 2. The van der Waals surface area contributed by atoms with Crippen molar-refractivity contribution in [2.45, 2.75) is 19.1 Å². The molecule has 6 nitrogen and oxygen atoms in total. The number of aromatic nitrogens is 3. The first-order chi connectivity index (χ1) is 13.7. The molecule has 4 rings (SSSR count). The van der Waals surface area contributed by atoms with Gasteiger partial charge in [-0.3, -0.25) is 0 Å². The second kappa shape index (κ2) is 7.18. The molecule has 1 atom stereocenters. The minimum Gasteiger partial charge on any atom is -0.489 e. The molecule has 0 spiro atoms. The average Bonchev–Trinajstić information content (AvgIpc) is 2.66. The van der Waals surface area contributed by atoms with Gasteiger partial charge in [-0.25, -0.2) is 9.37 Å². The molecule has 0 saturated heterocycles. The van der Waals surface area contributed by atoms with Crippen molar-refractivity contribution in [1.82, 2.24) is 15.0 Å². The second-order valence-corrected chi connectivity index (χ2v) is 6.70. The van der Waals surface area contributed by atoms with Crippen LogP contribution >= 0.6 is 11.6 Å². The fourth-order valence-electron chi connectivity index (χ4n) is 3.03. The first-order valence-corrected chi connectivity index (χ1v) is 8.86. The van der Waals surface area contributed by atoms with Crippen LogP contribution in [0.5, 0.6) is 11.8 Å². The molecule has 3 aromatic rings. The number of rotatable bonds is 0. The van der Waals surface area contributed by atoms with Crippen molar-refractivity contribution in [3.8, 4) is 11.8 Å². The lowest BCUT2D eigenvalue weighted by molar-refractivity contribution is -0.139. The van der Waals surface area contributed by atoms with E-state index in [9.17, 15) is 17.6 Å². The summed E-state index contributed by atoms with van der Waals surface area (Å²) in [6.07, 6.45) is -3.37. The molecule has 0 radical (unpaired) electrons. The van der Waals surface area contributed by atoms with Gasteiger partial charge in [-0.1, -0.05) is 11.6 Å². The van der Waals surface area contributed by atoms with Gasteiger partial charge in [0.15, 0.2) is 0 Å². The molecule has 0 saturated carbocycles. The van der Waals surface area contributed by atoms with Gasteiger partial charge in [0.2, 0.25) is 0 Å². The monoisotopic (exact) mass is 428 g/mol. The van der Waals surface area contributed by atoms with Crippen molar-refractivity contribution in [3.05, 3.63) is 46.5 Å². The van der Waals surface area contributed by atoms with Gasteiger partial charge in [0.1, 0.15) is 41.3 Å². The highest BCUT2D eigenvalue weighted by atomic mass is 35.5. The average molecular weight is 429 g/mol. The summed E-state index contributed by atoms with van der Waals surface area (Å²) in [6, 6.07) is 2.12. The highest BCUT2D eigenvalue weighted by Crippen LogP contribution is 2.42. The Kier molecular flexibility index (Phi) is 4.81. The molecular weight excluding hydrogens is 416 g/mol. The van der Waals surface area contributed by atoms with Crippen molar-refractivity contribution in [2.75, 3.05) is 18.5 Å². The van der Waals surface area contributed by atoms with Crippen LogP contribution < -0.4 is 14.8 Å². The predicted octanol–water partition coefficient (Wildman–Crippen LogP) is 4.78. The standard InChI is InChI=1S/C18H13ClF4N4O2/c1-8-10-4-9(20)5-12(18(21,22)23)15(10)28-2-3-29-17-26-13-7-24-14(19)6-11(13)16(25-8)27-17/h4-8H,2-3H2,1H3,(H,25,26,27)/t8-/m1/s1. The van der Waals surface area contributed by atoms with E-state index in [1.807, 2.05) is 0 Å². The minimum atomic E-state index is -4.80. The zero-order valence-corrected chi connectivity index (χ0v) is 15.6. The molecular formula is C18H13ClF4N4O2. The lowest BCUT2D eigenvalue weighted by Crippen LogP contribution is -2.17. The third-order valence-electron chi connectivity index (χ3n) is 4.30. The first-order valence-electron chi connectivity index (χ1n) is 8.48. The van der Waals surface area contributed by atoms with E-state index in [2.05, 4.69) is 20.3 Å². The molecule has 2 bridgehead atoms. The Labute approximate surface area is 166 Å². The van der Waals surface area contributed by atoms with Gasteiger partial charge in [-0.2, -0.15) is 23.1 Å². The van der Waals surface area contributed by atoms with Crippen LogP contribution in [0.4, 0.5) is 23.4 Å². The number of hydrogen-bond acceptors (Lipinski definition) is 6. The molecule has 0 unspecified atom stereocenters. The Balaban J connectivity index is 1.88. The molecule has 1 N–H and O–H groups in total. The fraction of sp³-hybridized carbons (Fsp3) is 0.278. The maximum Gasteiger partial charge on any atom is 0.420 e. The van der Waals surface area contributed by atoms with Gasteiger partial charge in [0.25, 0.3) is 0 Å². The molecule has 0 amide bonds. The summed E-state index contributed by atoms with van der Waals surface area (Å²) in [7, 11) is 0. The van der Waals surface area contributed by atoms with E-state index in [-0.39, 0.29) is 35.8 Å². The number of benzene rings is 1. The summed E-state index contributed by atoms with van der Waals surface area (Å²) in [4.78, 5) is 12.4. The number of anilines is 1. The van der Waals surface area contributed by atoms with Gasteiger partial charge in [0, 0.05) is 10.9 Å². The van der Waals surface area contributed by atoms with E-state index in [0.717, 1.165) is 6.07 Å². The number of pyridine rings is 1. The first kappa shape index (κ1) is 19.4. The summed E-state index contributed by atoms with van der Waals surface area (Å²) in [5.74, 6) is -1.23. The molecule has 11 heteroatoms. The van der Waals surface area contributed by atoms with Crippen molar-refractivity contribution in [1.29, 1.82) is 0 Å². The van der Waals surface area contributed by atoms with Gasteiger partial charge in [-0.05, 0) is 25.1 Å². The summed E-state index contributed by atoms with van der Waals surface area (Å²) in [6.45, 7) is 1.23. The highest BCUT2D eigenvalue weighted by Gasteiger charge is 2.37. The molecule has 0 fully saturated rings. The Morgan fingerprint density at radius 2 is 1.90 bits per heavy atom. The van der Waals surface area contributed by atoms with Gasteiger partial charge in [-0.15, -0.1) is 0 Å². The van der Waals surface area contributed by atoms with Crippen LogP contribution in [0.1, 0.15) is 24.1 Å². The lowest BCUT2D eigenvalue weighted by atomic mass is 10.0. The molecule has 0 aliphatic carbocycles. The largest absolute Gasteiger partial charge is 0.489 e. The van der Waals surface area contributed by atoms with E-state index in [1.54, 1.807) is 6.92 Å². The Morgan fingerprint density at radius 3 is 2.66 bits per heavy atom. The van der Waals surface area contributed by atoms with Gasteiger partial charge in [0.05, 0.1) is 17.8 Å². The van der Waals surface area contributed by atoms with Crippen LogP contribution in [0, 0.1) is 5.82 Å². The molecule has 29 heavy (non-hydrogen) atoms. The number of hydrogen-bond donors (Lipinski definition) is 1. The third-order valence-corrected chi connectivity index (χ3v) is 4.50. The van der Waals surface area contributed by atoms with Crippen LogP contribution in [0.2, 0.25) is 5.15 Å². The van der Waals surface area contributed by atoms with Crippen LogP contribution in [0.15, 0.2) is 24.4 Å². The molecule has 1 aliphatic rings. The van der Waals surface area contributed by atoms with Gasteiger partial charge >= 0.3 is 12.2 Å². The number of fused-ring (bicyclic) bond motifs is 5. The Bertz CT molecular complexity index is 1090. The zero-order valence-electron chi connectivity index (χ0n) is 14.8. The summed E-state index contributed by atoms with van der Waals surface area (Å²) >= 11 is 5.95. The van der Waals surface area contributed by atoms with Crippen LogP contribution in [-0.4, -0.2) is 28.2 Å². The fourth-order valence-corrected chi connectivity index (χ4v) is 3.19. The van der Waals surface area contributed by atoms with E-state index in [1.165, 1.54) is 12.3 Å². The third kappa shape index (κ3) is 3.84. The maximum absolute atomic E-state index is 14.0. The van der Waals surface area contributed by atoms with Crippen LogP contribution in [0.25, 0.3) is 10.9 Å². The summed E-state index contributed by atoms with van der Waals surface area (Å²) < 4.78 is 65.2. The number of nitrogens with zero attached hydrogens (tertiary/aromatic N) is 3. The molecule has 1 aromatic carbocycles. The van der Waals surface area contributed by atoms with E-state index in [4.69, 9.17) is 21.1 Å². The second-order valence-electron chi connectivity index (χ2n) is 6.31. The molecule has 1 aliphatic heterocycles. The van der Waals surface area contributed by atoms with Gasteiger partial charge < -0.3 is 14.8 Å². The topological polar surface area (TPSA) is 69.2 Å². The van der Waals surface area contributed by atoms with Crippen molar-refractivity contribution < 1.29 is 27.0 Å². The SMILES string of the molecule is C[C@H]1Nc2nc(nc3cnc(Cl)cc23)OCCOc2c1cc(F)cc2C(F)(F)F. The summed E-state index contributed by atoms with van der Waals surface area (Å²) in [5, 5.41) is 3.65. The molecule has 3 heterocycles. The minimum absolute atomic E-state index is 0.00639. The van der Waals surface area contributed by atoms with E-state index < -0.39 is 29.3 Å². The van der Waals surface area contributed by atoms with Crippen LogP contribution in [0.3, 0.4) is 0 Å². The number of halogens is 5. The quantitative estimate of drug-likeness (QED) is 0.410. The highest BCUT2D eigenvalue weighted by molar-refractivity contribution is 6.30. The summed E-state index contributed by atoms with van der Waals surface area (Å²) in [5.41, 5.74) is -0.785. The molecule has 152 valence electrons. The maximum atomic E-state index is 14.0. The van der Waals surface area contributed by atoms with Crippen molar-refractivity contribution in [2.24, 2.45) is 0 Å². The normalized spacial score (nSPS) is 16.8. The Morgan fingerprint density at radius 1 is 1.14 bits per heavy atom. The van der Waals surface area contributed by atoms with E-state index in [0.29, 0.717) is 17.0 Å². The zero-order chi connectivity index (χ0) is 20.8. The number of alkyl halides is 3. The van der Waals surface area contributed by atoms with E-state index >= 15 is 0 Å². The number of nitrogens with one attached hydrogen (secondary N) is 1. The van der Waals surface area contributed by atoms with Crippen molar-refractivity contribution >= 4 is 28.3 Å².